The van der Waals surface area contributed by atoms with Gasteiger partial charge < -0.3 is 5.11 Å². The van der Waals surface area contributed by atoms with E-state index in [9.17, 15) is 9.90 Å². The molecule has 0 heterocycles. The smallest absolute Gasteiger partial charge is 0.155 e. The van der Waals surface area contributed by atoms with Crippen molar-refractivity contribution in [3.63, 3.8) is 0 Å². The van der Waals surface area contributed by atoms with Crippen molar-refractivity contribution in [1.29, 1.82) is 0 Å². The summed E-state index contributed by atoms with van der Waals surface area (Å²) >= 11 is 0. The average molecular weight is 288 g/mol. The molecule has 4 aliphatic carbocycles. The zero-order valence-corrected chi connectivity index (χ0v) is 13.4. The highest BCUT2D eigenvalue weighted by molar-refractivity contribution is 5.92. The highest BCUT2D eigenvalue weighted by atomic mass is 16.3. The number of ketones is 1. The average Bonchev–Trinajstić information content (AvgIpc) is 2.76. The van der Waals surface area contributed by atoms with Crippen LogP contribution in [-0.4, -0.2) is 16.5 Å². The largest absolute Gasteiger partial charge is 0.385 e. The van der Waals surface area contributed by atoms with Gasteiger partial charge in [-0.3, -0.25) is 4.79 Å². The SMILES string of the molecule is CC1CCC2C3CCC4=CC(=O)CCC4(O)C3CCC12C. The Hall–Kier alpha value is -0.630. The molecule has 21 heavy (non-hydrogen) atoms. The molecule has 3 saturated carbocycles. The third-order valence-electron chi connectivity index (χ3n) is 7.92. The van der Waals surface area contributed by atoms with Gasteiger partial charge in [-0.2, -0.15) is 0 Å². The first-order valence-electron chi connectivity index (χ1n) is 8.91. The van der Waals surface area contributed by atoms with E-state index in [-0.39, 0.29) is 5.78 Å². The van der Waals surface area contributed by atoms with Gasteiger partial charge in [0.05, 0.1) is 5.60 Å². The lowest BCUT2D eigenvalue weighted by atomic mass is 9.50. The fourth-order valence-corrected chi connectivity index (χ4v) is 6.45. The summed E-state index contributed by atoms with van der Waals surface area (Å²) in [5.74, 6) is 2.96. The van der Waals surface area contributed by atoms with Crippen LogP contribution in [0.25, 0.3) is 0 Å². The lowest BCUT2D eigenvalue weighted by molar-refractivity contribution is -0.126. The molecule has 0 radical (unpaired) electrons. The summed E-state index contributed by atoms with van der Waals surface area (Å²) in [6, 6.07) is 0. The first-order chi connectivity index (χ1) is 9.95. The van der Waals surface area contributed by atoms with Crippen molar-refractivity contribution in [3.05, 3.63) is 11.6 Å². The number of rotatable bonds is 0. The summed E-state index contributed by atoms with van der Waals surface area (Å²) in [6.07, 6.45) is 10.3. The van der Waals surface area contributed by atoms with Crippen molar-refractivity contribution in [2.75, 3.05) is 0 Å². The highest BCUT2D eigenvalue weighted by Gasteiger charge is 2.58. The summed E-state index contributed by atoms with van der Waals surface area (Å²) in [6.45, 7) is 4.94. The summed E-state index contributed by atoms with van der Waals surface area (Å²) in [5.41, 5.74) is 0.919. The molecule has 0 aromatic heterocycles. The fraction of sp³-hybridized carbons (Fsp3) is 0.842. The van der Waals surface area contributed by atoms with Crippen LogP contribution in [0.1, 0.15) is 65.2 Å². The maximum absolute atomic E-state index is 11.7. The normalized spacial score (nSPS) is 52.7. The zero-order chi connectivity index (χ0) is 14.8. The predicted molar refractivity (Wildman–Crippen MR) is 82.7 cm³/mol. The van der Waals surface area contributed by atoms with E-state index in [1.54, 1.807) is 6.08 Å². The Morgan fingerprint density at radius 3 is 2.71 bits per heavy atom. The molecule has 0 saturated heterocycles. The van der Waals surface area contributed by atoms with Gasteiger partial charge in [-0.15, -0.1) is 0 Å². The Morgan fingerprint density at radius 2 is 1.90 bits per heavy atom. The van der Waals surface area contributed by atoms with Crippen LogP contribution >= 0.6 is 0 Å². The van der Waals surface area contributed by atoms with E-state index in [1.165, 1.54) is 25.7 Å². The second kappa shape index (κ2) is 4.44. The van der Waals surface area contributed by atoms with Crippen LogP contribution < -0.4 is 0 Å². The van der Waals surface area contributed by atoms with E-state index in [2.05, 4.69) is 13.8 Å². The Kier molecular flexibility index (Phi) is 2.96. The van der Waals surface area contributed by atoms with Crippen molar-refractivity contribution in [2.24, 2.45) is 29.1 Å². The minimum atomic E-state index is -0.649. The van der Waals surface area contributed by atoms with Crippen molar-refractivity contribution < 1.29 is 9.90 Å². The molecule has 0 aliphatic heterocycles. The molecule has 2 heteroatoms. The molecule has 3 fully saturated rings. The Balaban J connectivity index is 1.69. The number of fused-ring (bicyclic) bond motifs is 5. The maximum Gasteiger partial charge on any atom is 0.155 e. The van der Waals surface area contributed by atoms with Crippen LogP contribution in [0.15, 0.2) is 11.6 Å². The molecule has 2 nitrogen and oxygen atoms in total. The molecule has 6 atom stereocenters. The molecule has 0 aromatic carbocycles. The maximum atomic E-state index is 11.7. The van der Waals surface area contributed by atoms with Gasteiger partial charge in [0.25, 0.3) is 0 Å². The third-order valence-corrected chi connectivity index (χ3v) is 7.92. The van der Waals surface area contributed by atoms with Crippen LogP contribution in [0.5, 0.6) is 0 Å². The summed E-state index contributed by atoms with van der Waals surface area (Å²) in [4.78, 5) is 11.7. The van der Waals surface area contributed by atoms with E-state index < -0.39 is 5.60 Å². The molecular formula is C19H28O2. The topological polar surface area (TPSA) is 37.3 Å². The monoisotopic (exact) mass is 288 g/mol. The highest BCUT2D eigenvalue weighted by Crippen LogP contribution is 2.64. The lowest BCUT2D eigenvalue weighted by Crippen LogP contribution is -2.55. The van der Waals surface area contributed by atoms with Crippen LogP contribution in [-0.2, 0) is 4.79 Å². The molecule has 0 bridgehead atoms. The minimum absolute atomic E-state index is 0.225. The van der Waals surface area contributed by atoms with Gasteiger partial charge in [-0.1, -0.05) is 13.8 Å². The first-order valence-corrected chi connectivity index (χ1v) is 8.91. The fourth-order valence-electron chi connectivity index (χ4n) is 6.45. The van der Waals surface area contributed by atoms with Crippen molar-refractivity contribution in [2.45, 2.75) is 70.8 Å². The standard InChI is InChI=1S/C19H28O2/c1-12-3-6-16-15-5-4-13-11-14(20)7-10-19(13,21)17(15)8-9-18(12,16)2/h11-12,15-17,21H,3-10H2,1-2H3. The first kappa shape index (κ1) is 14.0. The van der Waals surface area contributed by atoms with Gasteiger partial charge in [0, 0.05) is 6.42 Å². The zero-order valence-electron chi connectivity index (χ0n) is 13.4. The van der Waals surface area contributed by atoms with E-state index >= 15 is 0 Å². The molecule has 0 spiro atoms. The summed E-state index contributed by atoms with van der Waals surface area (Å²) < 4.78 is 0. The molecule has 0 amide bonds. The number of carbonyl (C=O) groups is 1. The van der Waals surface area contributed by atoms with Gasteiger partial charge in [0.15, 0.2) is 5.78 Å². The number of hydrogen-bond donors (Lipinski definition) is 1. The van der Waals surface area contributed by atoms with E-state index in [0.29, 0.717) is 30.1 Å². The van der Waals surface area contributed by atoms with Crippen LogP contribution in [0, 0.1) is 29.1 Å². The molecule has 6 unspecified atom stereocenters. The van der Waals surface area contributed by atoms with Crippen molar-refractivity contribution in [3.8, 4) is 0 Å². The van der Waals surface area contributed by atoms with Gasteiger partial charge >= 0.3 is 0 Å². The van der Waals surface area contributed by atoms with Gasteiger partial charge in [0.2, 0.25) is 0 Å². The molecule has 0 aromatic rings. The minimum Gasteiger partial charge on any atom is -0.385 e. The van der Waals surface area contributed by atoms with E-state index in [0.717, 1.165) is 30.3 Å². The van der Waals surface area contributed by atoms with Crippen molar-refractivity contribution in [1.82, 2.24) is 0 Å². The van der Waals surface area contributed by atoms with Crippen LogP contribution in [0.3, 0.4) is 0 Å². The third kappa shape index (κ3) is 1.78. The Labute approximate surface area is 128 Å². The van der Waals surface area contributed by atoms with E-state index in [1.807, 2.05) is 0 Å². The van der Waals surface area contributed by atoms with E-state index in [4.69, 9.17) is 0 Å². The molecular weight excluding hydrogens is 260 g/mol. The van der Waals surface area contributed by atoms with Gasteiger partial charge in [-0.05, 0) is 85.7 Å². The number of aliphatic hydroxyl groups is 1. The predicted octanol–water partition coefficient (Wildman–Crippen LogP) is 3.88. The number of hydrogen-bond acceptors (Lipinski definition) is 2. The molecule has 4 aliphatic rings. The Morgan fingerprint density at radius 1 is 1.10 bits per heavy atom. The molecule has 4 rings (SSSR count). The summed E-state index contributed by atoms with van der Waals surface area (Å²) in [5, 5.41) is 11.4. The van der Waals surface area contributed by atoms with Gasteiger partial charge in [0.1, 0.15) is 0 Å². The lowest BCUT2D eigenvalue weighted by Gasteiger charge is -2.56. The second-order valence-electron chi connectivity index (χ2n) is 8.50. The number of carbonyl (C=O) groups excluding carboxylic acids is 1. The second-order valence-corrected chi connectivity index (χ2v) is 8.50. The van der Waals surface area contributed by atoms with Gasteiger partial charge in [-0.25, -0.2) is 0 Å². The van der Waals surface area contributed by atoms with Crippen molar-refractivity contribution >= 4 is 5.78 Å². The summed E-state index contributed by atoms with van der Waals surface area (Å²) in [7, 11) is 0. The van der Waals surface area contributed by atoms with Crippen LogP contribution in [0.4, 0.5) is 0 Å². The molecule has 1 N–H and O–H groups in total. The quantitative estimate of drug-likeness (QED) is 0.734. The molecule has 116 valence electrons. The van der Waals surface area contributed by atoms with Crippen LogP contribution in [0.2, 0.25) is 0 Å². The Bertz CT molecular complexity index is 508.